The van der Waals surface area contributed by atoms with E-state index >= 15 is 0 Å². The summed E-state index contributed by atoms with van der Waals surface area (Å²) in [5, 5.41) is 10.2. The van der Waals surface area contributed by atoms with Gasteiger partial charge in [-0.15, -0.1) is 0 Å². The van der Waals surface area contributed by atoms with Crippen LogP contribution in [0.5, 0.6) is 0 Å². The molecule has 1 aromatic rings. The zero-order chi connectivity index (χ0) is 14.8. The largest absolute Gasteiger partial charge is 0.479 e. The molecule has 0 radical (unpaired) electrons. The predicted octanol–water partition coefficient (Wildman–Crippen LogP) is 2.58. The molecule has 0 aliphatic heterocycles. The van der Waals surface area contributed by atoms with Crippen LogP contribution < -0.4 is 5.32 Å². The van der Waals surface area contributed by atoms with Gasteiger partial charge in [-0.2, -0.15) is 13.2 Å². The van der Waals surface area contributed by atoms with Gasteiger partial charge in [0.1, 0.15) is 0 Å². The number of carboxylic acids is 1. The van der Waals surface area contributed by atoms with Crippen molar-refractivity contribution in [2.24, 2.45) is 0 Å². The number of carbonyl (C=O) groups is 2. The highest BCUT2D eigenvalue weighted by Crippen LogP contribution is 2.30. The molecule has 1 amide bonds. The van der Waals surface area contributed by atoms with Crippen LogP contribution >= 0.6 is 15.9 Å². The highest BCUT2D eigenvalue weighted by molar-refractivity contribution is 9.10. The molecule has 2 N–H and O–H groups in total. The van der Waals surface area contributed by atoms with Crippen LogP contribution in [0, 0.1) is 0 Å². The third kappa shape index (κ3) is 3.25. The number of carboxylic acid groups (broad SMARTS) is 1. The van der Waals surface area contributed by atoms with E-state index in [0.29, 0.717) is 11.4 Å². The zero-order valence-electron chi connectivity index (χ0n) is 9.58. The summed E-state index contributed by atoms with van der Waals surface area (Å²) in [6, 6.07) is 5.59. The van der Waals surface area contributed by atoms with E-state index in [1.165, 1.54) is 23.5 Å². The average Bonchev–Trinajstić information content (AvgIpc) is 2.27. The van der Waals surface area contributed by atoms with E-state index in [2.05, 4.69) is 15.9 Å². The number of hydrogen-bond acceptors (Lipinski definition) is 2. The van der Waals surface area contributed by atoms with Gasteiger partial charge in [0.05, 0.1) is 0 Å². The molecule has 0 aromatic heterocycles. The topological polar surface area (TPSA) is 66.4 Å². The van der Waals surface area contributed by atoms with Crippen molar-refractivity contribution in [3.63, 3.8) is 0 Å². The molecule has 0 aliphatic rings. The fraction of sp³-hybridized carbons (Fsp3) is 0.273. The van der Waals surface area contributed by atoms with Gasteiger partial charge in [0, 0.05) is 10.0 Å². The maximum absolute atomic E-state index is 12.7. The van der Waals surface area contributed by atoms with Crippen molar-refractivity contribution in [3.05, 3.63) is 34.3 Å². The van der Waals surface area contributed by atoms with Gasteiger partial charge < -0.3 is 10.4 Å². The maximum atomic E-state index is 12.7. The second-order valence-electron chi connectivity index (χ2n) is 3.89. The van der Waals surface area contributed by atoms with E-state index in [-0.39, 0.29) is 5.56 Å². The van der Waals surface area contributed by atoms with Gasteiger partial charge in [-0.25, -0.2) is 4.79 Å². The molecule has 0 heterocycles. The molecule has 1 unspecified atom stereocenters. The molecule has 0 saturated carbocycles. The first-order valence-electron chi connectivity index (χ1n) is 4.96. The lowest BCUT2D eigenvalue weighted by Crippen LogP contribution is -2.61. The van der Waals surface area contributed by atoms with Crippen LogP contribution in [0.2, 0.25) is 0 Å². The summed E-state index contributed by atoms with van der Waals surface area (Å²) in [5.74, 6) is -3.30. The molecule has 1 atom stereocenters. The smallest absolute Gasteiger partial charge is 0.422 e. The van der Waals surface area contributed by atoms with Crippen molar-refractivity contribution in [3.8, 4) is 0 Å². The zero-order valence-corrected chi connectivity index (χ0v) is 11.2. The second kappa shape index (κ2) is 5.20. The lowest BCUT2D eigenvalue weighted by Gasteiger charge is -2.28. The number of aliphatic carboxylic acids is 1. The molecule has 4 nitrogen and oxygen atoms in total. The van der Waals surface area contributed by atoms with Crippen LogP contribution in [0.1, 0.15) is 17.3 Å². The molecule has 1 aromatic carbocycles. The van der Waals surface area contributed by atoms with Crippen LogP contribution in [0.4, 0.5) is 13.2 Å². The average molecular weight is 340 g/mol. The predicted molar refractivity (Wildman–Crippen MR) is 63.7 cm³/mol. The SMILES string of the molecule is CC(NC(=O)c1cccc(Br)c1)(C(=O)O)C(F)(F)F. The van der Waals surface area contributed by atoms with E-state index < -0.39 is 23.6 Å². The van der Waals surface area contributed by atoms with Gasteiger partial charge in [-0.05, 0) is 25.1 Å². The Bertz CT molecular complexity index is 518. The first-order chi connectivity index (χ1) is 8.58. The first-order valence-corrected chi connectivity index (χ1v) is 5.75. The number of halogens is 4. The number of alkyl halides is 3. The Balaban J connectivity index is 3.06. The maximum Gasteiger partial charge on any atom is 0.422 e. The Labute approximate surface area is 114 Å². The highest BCUT2D eigenvalue weighted by Gasteiger charge is 2.58. The molecule has 0 aliphatic carbocycles. The van der Waals surface area contributed by atoms with E-state index in [0.717, 1.165) is 0 Å². The molecule has 0 saturated heterocycles. The number of amides is 1. The first kappa shape index (κ1) is 15.5. The van der Waals surface area contributed by atoms with Crippen LogP contribution in [-0.2, 0) is 4.79 Å². The standard InChI is InChI=1S/C11H9BrF3NO3/c1-10(9(18)19,11(13,14)15)16-8(17)6-3-2-4-7(12)5-6/h2-5H,1H3,(H,16,17)(H,18,19). The molecular weight excluding hydrogens is 331 g/mol. The van der Waals surface area contributed by atoms with Gasteiger partial charge in [-0.3, -0.25) is 4.79 Å². The van der Waals surface area contributed by atoms with Gasteiger partial charge >= 0.3 is 12.1 Å². The Kier molecular flexibility index (Phi) is 4.24. The Morgan fingerprint density at radius 3 is 2.32 bits per heavy atom. The normalized spacial score (nSPS) is 14.6. The number of nitrogens with one attached hydrogen (secondary N) is 1. The third-order valence-electron chi connectivity index (χ3n) is 2.45. The van der Waals surface area contributed by atoms with Crippen LogP contribution in [0.25, 0.3) is 0 Å². The molecule has 1 rings (SSSR count). The summed E-state index contributed by atoms with van der Waals surface area (Å²) in [4.78, 5) is 22.4. The quantitative estimate of drug-likeness (QED) is 0.889. The van der Waals surface area contributed by atoms with Crippen molar-refractivity contribution in [1.82, 2.24) is 5.32 Å². The summed E-state index contributed by atoms with van der Waals surface area (Å²) in [6.45, 7) is 0.394. The van der Waals surface area contributed by atoms with E-state index in [1.807, 2.05) is 0 Å². The highest BCUT2D eigenvalue weighted by atomic mass is 79.9. The fourth-order valence-electron chi connectivity index (χ4n) is 1.17. The van der Waals surface area contributed by atoms with Crippen LogP contribution in [0.15, 0.2) is 28.7 Å². The van der Waals surface area contributed by atoms with Crippen molar-refractivity contribution < 1.29 is 27.9 Å². The van der Waals surface area contributed by atoms with Crippen molar-refractivity contribution in [1.29, 1.82) is 0 Å². The molecule has 0 bridgehead atoms. The molecular formula is C11H9BrF3NO3. The third-order valence-corrected chi connectivity index (χ3v) is 2.94. The lowest BCUT2D eigenvalue weighted by atomic mass is 10.0. The molecule has 8 heteroatoms. The lowest BCUT2D eigenvalue weighted by molar-refractivity contribution is -0.203. The number of carbonyl (C=O) groups excluding carboxylic acids is 1. The molecule has 104 valence electrons. The van der Waals surface area contributed by atoms with Gasteiger partial charge in [0.25, 0.3) is 5.91 Å². The second-order valence-corrected chi connectivity index (χ2v) is 4.81. The van der Waals surface area contributed by atoms with Crippen LogP contribution in [0.3, 0.4) is 0 Å². The molecule has 0 fully saturated rings. The number of benzene rings is 1. The summed E-state index contributed by atoms with van der Waals surface area (Å²) >= 11 is 3.06. The number of rotatable bonds is 3. The summed E-state index contributed by atoms with van der Waals surface area (Å²) in [7, 11) is 0. The Morgan fingerprint density at radius 2 is 1.89 bits per heavy atom. The van der Waals surface area contributed by atoms with E-state index in [1.54, 1.807) is 6.07 Å². The van der Waals surface area contributed by atoms with E-state index in [4.69, 9.17) is 5.11 Å². The monoisotopic (exact) mass is 339 g/mol. The van der Waals surface area contributed by atoms with Gasteiger partial charge in [0.2, 0.25) is 5.54 Å². The molecule has 19 heavy (non-hydrogen) atoms. The van der Waals surface area contributed by atoms with Gasteiger partial charge in [0.15, 0.2) is 0 Å². The minimum atomic E-state index is -5.11. The minimum Gasteiger partial charge on any atom is -0.479 e. The van der Waals surface area contributed by atoms with Crippen molar-refractivity contribution in [2.45, 2.75) is 18.6 Å². The summed E-state index contributed by atoms with van der Waals surface area (Å²) in [5.41, 5.74) is -3.42. The minimum absolute atomic E-state index is 0.0777. The van der Waals surface area contributed by atoms with Gasteiger partial charge in [-0.1, -0.05) is 22.0 Å². The van der Waals surface area contributed by atoms with Crippen LogP contribution in [-0.4, -0.2) is 28.7 Å². The Hall–Kier alpha value is -1.57. The van der Waals surface area contributed by atoms with Crippen molar-refractivity contribution >= 4 is 27.8 Å². The van der Waals surface area contributed by atoms with E-state index in [9.17, 15) is 22.8 Å². The van der Waals surface area contributed by atoms with Crippen molar-refractivity contribution in [2.75, 3.05) is 0 Å². The number of hydrogen-bond donors (Lipinski definition) is 2. The summed E-state index contributed by atoms with van der Waals surface area (Å²) in [6.07, 6.45) is -5.11. The fourth-order valence-corrected chi connectivity index (χ4v) is 1.57. The molecule has 0 spiro atoms. The Morgan fingerprint density at radius 1 is 1.32 bits per heavy atom. The summed E-state index contributed by atoms with van der Waals surface area (Å²) < 4.78 is 38.6.